The number of benzene rings is 1. The van der Waals surface area contributed by atoms with Crippen LogP contribution in [0, 0.1) is 5.92 Å². The van der Waals surface area contributed by atoms with Gasteiger partial charge < -0.3 is 38.3 Å². The molecule has 10 N–H and O–H groups in total. The summed E-state index contributed by atoms with van der Waals surface area (Å²) < 4.78 is 0. The second-order valence-corrected chi connectivity index (χ2v) is 10.3. The summed E-state index contributed by atoms with van der Waals surface area (Å²) in [6.45, 7) is 4.00. The first-order valence-corrected chi connectivity index (χ1v) is 14.4. The van der Waals surface area contributed by atoms with Crippen molar-refractivity contribution in [2.75, 3.05) is 18.6 Å². The van der Waals surface area contributed by atoms with Gasteiger partial charge in [-0.05, 0) is 42.8 Å². The zero-order chi connectivity index (χ0) is 29.4. The summed E-state index contributed by atoms with van der Waals surface area (Å²) in [5.41, 5.74) is 17.5. The number of hydrogen-bond donors (Lipinski definition) is 7. The molecule has 0 heterocycles. The van der Waals surface area contributed by atoms with Crippen molar-refractivity contribution < 1.29 is 24.3 Å². The van der Waals surface area contributed by atoms with E-state index in [1.54, 1.807) is 24.3 Å². The Labute approximate surface area is 234 Å². The number of thioether (sulfide) groups is 1. The summed E-state index contributed by atoms with van der Waals surface area (Å²) in [7, 11) is 0. The summed E-state index contributed by atoms with van der Waals surface area (Å²) in [4.78, 5) is 55.0. The zero-order valence-electron chi connectivity index (χ0n) is 22.9. The first-order chi connectivity index (χ1) is 18.5. The Hall–Kier alpha value is -3.32. The highest BCUT2D eigenvalue weighted by Crippen LogP contribution is 2.09. The molecular weight excluding hydrogens is 522 g/mol. The molecule has 3 amide bonds. The number of carboxylic acids is 1. The van der Waals surface area contributed by atoms with Crippen LogP contribution in [-0.2, 0) is 25.6 Å². The van der Waals surface area contributed by atoms with Gasteiger partial charge in [-0.15, -0.1) is 0 Å². The van der Waals surface area contributed by atoms with E-state index in [0.717, 1.165) is 5.56 Å². The number of amides is 3. The highest BCUT2D eigenvalue weighted by atomic mass is 32.2. The third kappa shape index (κ3) is 12.9. The number of nitrogens with two attached hydrogens (primary N) is 3. The first kappa shape index (κ1) is 33.7. The van der Waals surface area contributed by atoms with Gasteiger partial charge in [-0.2, -0.15) is 11.8 Å². The maximum Gasteiger partial charge on any atom is 0.326 e. The molecule has 5 atom stereocenters. The van der Waals surface area contributed by atoms with E-state index in [4.69, 9.17) is 17.2 Å². The average Bonchev–Trinajstić information content (AvgIpc) is 2.91. The molecule has 0 fully saturated rings. The number of hydrogen-bond acceptors (Lipinski definition) is 7. The van der Waals surface area contributed by atoms with Crippen LogP contribution in [0.2, 0.25) is 0 Å². The second kappa shape index (κ2) is 18.1. The van der Waals surface area contributed by atoms with Gasteiger partial charge in [0.15, 0.2) is 5.96 Å². The molecule has 0 saturated heterocycles. The summed E-state index contributed by atoms with van der Waals surface area (Å²) in [5.74, 6) is -2.53. The number of aliphatic carboxylic acids is 1. The van der Waals surface area contributed by atoms with E-state index >= 15 is 0 Å². The van der Waals surface area contributed by atoms with Crippen LogP contribution in [0.5, 0.6) is 0 Å². The molecule has 13 heteroatoms. The standard InChI is InChI=1S/C26H43N7O5S/c1-4-16(2)21(27)24(36)32-18(11-8-13-30-26(28)29)22(34)31-19(12-14-39-3)23(35)33-20(25(37)38)15-17-9-6-5-7-10-17/h5-7,9-10,16,18-21H,4,8,11-15,27H2,1-3H3,(H,31,34)(H,32,36)(H,33,35)(H,37,38)(H4,28,29,30). The number of nitrogens with zero attached hydrogens (tertiary/aromatic N) is 1. The summed E-state index contributed by atoms with van der Waals surface area (Å²) in [6, 6.07) is 4.93. The largest absolute Gasteiger partial charge is 0.480 e. The van der Waals surface area contributed by atoms with Gasteiger partial charge in [0.05, 0.1) is 6.04 Å². The number of rotatable bonds is 18. The topological polar surface area (TPSA) is 215 Å². The minimum absolute atomic E-state index is 0.0854. The SMILES string of the molecule is CCC(C)C(N)C(=O)NC(CCCN=C(N)N)C(=O)NC(CCSC)C(=O)NC(Cc1ccccc1)C(=O)O. The quantitative estimate of drug-likeness (QED) is 0.0720. The van der Waals surface area contributed by atoms with Crippen molar-refractivity contribution in [3.63, 3.8) is 0 Å². The van der Waals surface area contributed by atoms with Crippen LogP contribution >= 0.6 is 11.8 Å². The van der Waals surface area contributed by atoms with Crippen LogP contribution in [-0.4, -0.2) is 77.5 Å². The number of guanidine groups is 1. The third-order valence-electron chi connectivity index (χ3n) is 6.28. The third-order valence-corrected chi connectivity index (χ3v) is 6.92. The highest BCUT2D eigenvalue weighted by molar-refractivity contribution is 7.98. The van der Waals surface area contributed by atoms with E-state index in [1.807, 2.05) is 26.2 Å². The molecule has 1 aromatic rings. The molecule has 0 aliphatic heterocycles. The van der Waals surface area contributed by atoms with Crippen LogP contribution in [0.1, 0.15) is 45.1 Å². The zero-order valence-corrected chi connectivity index (χ0v) is 23.7. The van der Waals surface area contributed by atoms with E-state index < -0.39 is 47.9 Å². The Kier molecular flexibility index (Phi) is 15.6. The maximum absolute atomic E-state index is 13.3. The van der Waals surface area contributed by atoms with Gasteiger partial charge >= 0.3 is 5.97 Å². The van der Waals surface area contributed by atoms with Crippen LogP contribution in [0.25, 0.3) is 0 Å². The number of carbonyl (C=O) groups excluding carboxylic acids is 3. The van der Waals surface area contributed by atoms with Crippen molar-refractivity contribution in [3.05, 3.63) is 35.9 Å². The van der Waals surface area contributed by atoms with Gasteiger partial charge in [-0.25, -0.2) is 4.79 Å². The van der Waals surface area contributed by atoms with Gasteiger partial charge in [0.1, 0.15) is 18.1 Å². The number of nitrogens with one attached hydrogen (secondary N) is 3. The monoisotopic (exact) mass is 565 g/mol. The van der Waals surface area contributed by atoms with Crippen molar-refractivity contribution in [1.82, 2.24) is 16.0 Å². The molecule has 0 saturated carbocycles. The normalized spacial score (nSPS) is 14.7. The van der Waals surface area contributed by atoms with Crippen molar-refractivity contribution in [1.29, 1.82) is 0 Å². The van der Waals surface area contributed by atoms with Gasteiger partial charge in [0, 0.05) is 13.0 Å². The molecule has 218 valence electrons. The molecule has 0 bridgehead atoms. The molecule has 0 aromatic heterocycles. The summed E-state index contributed by atoms with van der Waals surface area (Å²) >= 11 is 1.48. The first-order valence-electron chi connectivity index (χ1n) is 13.0. The van der Waals surface area contributed by atoms with E-state index in [2.05, 4.69) is 20.9 Å². The Bertz CT molecular complexity index is 959. The van der Waals surface area contributed by atoms with Crippen LogP contribution < -0.4 is 33.2 Å². The fraction of sp³-hybridized carbons (Fsp3) is 0.577. The molecule has 0 aliphatic carbocycles. The maximum atomic E-state index is 13.3. The second-order valence-electron chi connectivity index (χ2n) is 9.35. The smallest absolute Gasteiger partial charge is 0.326 e. The molecular formula is C26H43N7O5S. The van der Waals surface area contributed by atoms with E-state index in [1.165, 1.54) is 11.8 Å². The number of carbonyl (C=O) groups is 4. The van der Waals surface area contributed by atoms with Gasteiger partial charge in [0.25, 0.3) is 0 Å². The van der Waals surface area contributed by atoms with Gasteiger partial charge in [-0.3, -0.25) is 19.4 Å². The van der Waals surface area contributed by atoms with Crippen LogP contribution in [0.15, 0.2) is 35.3 Å². The van der Waals surface area contributed by atoms with Crippen molar-refractivity contribution in [3.8, 4) is 0 Å². The predicted molar refractivity (Wildman–Crippen MR) is 154 cm³/mol. The van der Waals surface area contributed by atoms with Crippen LogP contribution in [0.4, 0.5) is 0 Å². The van der Waals surface area contributed by atoms with Crippen molar-refractivity contribution in [2.45, 2.75) is 70.1 Å². The van der Waals surface area contributed by atoms with Gasteiger partial charge in [0.2, 0.25) is 17.7 Å². The lowest BCUT2D eigenvalue weighted by atomic mass is 9.98. The molecule has 39 heavy (non-hydrogen) atoms. The molecule has 12 nitrogen and oxygen atoms in total. The number of aliphatic imine (C=N–C) groups is 1. The minimum Gasteiger partial charge on any atom is -0.480 e. The Morgan fingerprint density at radius 1 is 0.949 bits per heavy atom. The van der Waals surface area contributed by atoms with Crippen molar-refractivity contribution >= 4 is 41.4 Å². The molecule has 5 unspecified atom stereocenters. The fourth-order valence-corrected chi connectivity index (χ4v) is 4.12. The predicted octanol–water partition coefficient (Wildman–Crippen LogP) is -0.0518. The Morgan fingerprint density at radius 3 is 2.05 bits per heavy atom. The van der Waals surface area contributed by atoms with Crippen LogP contribution in [0.3, 0.4) is 0 Å². The molecule has 1 rings (SSSR count). The molecule has 1 aromatic carbocycles. The lowest BCUT2D eigenvalue weighted by Crippen LogP contribution is -2.57. The average molecular weight is 566 g/mol. The number of carboxylic acid groups (broad SMARTS) is 1. The van der Waals surface area contributed by atoms with E-state index in [-0.39, 0.29) is 37.7 Å². The summed E-state index contributed by atoms with van der Waals surface area (Å²) in [6.07, 6.45) is 3.47. The summed E-state index contributed by atoms with van der Waals surface area (Å²) in [5, 5.41) is 17.6. The lowest BCUT2D eigenvalue weighted by molar-refractivity contribution is -0.142. The fourth-order valence-electron chi connectivity index (χ4n) is 3.65. The molecule has 0 spiro atoms. The minimum atomic E-state index is -1.19. The Morgan fingerprint density at radius 2 is 1.51 bits per heavy atom. The lowest BCUT2D eigenvalue weighted by Gasteiger charge is -2.26. The molecule has 0 aliphatic rings. The van der Waals surface area contributed by atoms with Crippen molar-refractivity contribution in [2.24, 2.45) is 28.1 Å². The van der Waals surface area contributed by atoms with Gasteiger partial charge in [-0.1, -0.05) is 50.6 Å². The Balaban J connectivity index is 3.04. The van der Waals surface area contributed by atoms with E-state index in [9.17, 15) is 24.3 Å². The highest BCUT2D eigenvalue weighted by Gasteiger charge is 2.30. The molecule has 0 radical (unpaired) electrons. The van der Waals surface area contributed by atoms with E-state index in [0.29, 0.717) is 18.6 Å².